The Morgan fingerprint density at radius 3 is 2.27 bits per heavy atom. The van der Waals surface area contributed by atoms with Gasteiger partial charge in [-0.3, -0.25) is 9.69 Å². The molecule has 0 bridgehead atoms. The molecule has 168 valence electrons. The molecule has 2 aliphatic rings. The van der Waals surface area contributed by atoms with Crippen LogP contribution in [0.3, 0.4) is 0 Å². The summed E-state index contributed by atoms with van der Waals surface area (Å²) in [5, 5.41) is 3.07. The minimum atomic E-state index is -4.60. The molecule has 10 heteroatoms. The zero-order chi connectivity index (χ0) is 21.8. The average Bonchev–Trinajstić information content (AvgIpc) is 2.96. The number of alkyl halides is 3. The van der Waals surface area contributed by atoms with E-state index in [1.165, 1.54) is 23.2 Å². The average molecular weight is 448 g/mol. The molecule has 1 aromatic carbocycles. The summed E-state index contributed by atoms with van der Waals surface area (Å²) in [5.41, 5.74) is -0.989. The fraction of sp³-hybridized carbons (Fsp3) is 0.650. The summed E-state index contributed by atoms with van der Waals surface area (Å²) in [4.78, 5) is 13.8. The molecule has 1 N–H and O–H groups in total. The molecular formula is C20H28F3N3O3S. The third-order valence-electron chi connectivity index (χ3n) is 5.72. The lowest BCUT2D eigenvalue weighted by Gasteiger charge is -2.33. The number of carbonyl (C=O) groups excluding carboxylic acids is 1. The number of rotatable bonds is 5. The van der Waals surface area contributed by atoms with E-state index in [9.17, 15) is 26.4 Å². The standard InChI is InChI=1S/C20H28F3N3O3S/c21-20(22,23)16-6-5-9-18(14-16)30(28,29)26-12-10-25(11-13-26)15-19(27)24-17-7-3-1-2-4-8-17/h5-6,9,14,17H,1-4,7-8,10-13,15H2,(H,24,27). The van der Waals surface area contributed by atoms with E-state index in [1.807, 2.05) is 4.90 Å². The van der Waals surface area contributed by atoms with Crippen LogP contribution in [0.1, 0.15) is 44.1 Å². The van der Waals surface area contributed by atoms with Crippen molar-refractivity contribution < 1.29 is 26.4 Å². The predicted molar refractivity (Wildman–Crippen MR) is 106 cm³/mol. The van der Waals surface area contributed by atoms with Crippen LogP contribution in [-0.4, -0.2) is 62.3 Å². The van der Waals surface area contributed by atoms with Gasteiger partial charge >= 0.3 is 6.18 Å². The lowest BCUT2D eigenvalue weighted by Crippen LogP contribution is -2.51. The summed E-state index contributed by atoms with van der Waals surface area (Å²) in [6.07, 6.45) is 2.04. The van der Waals surface area contributed by atoms with E-state index in [2.05, 4.69) is 5.32 Å². The first kappa shape index (κ1) is 23.0. The minimum Gasteiger partial charge on any atom is -0.352 e. The Kier molecular flexibility index (Phi) is 7.41. The van der Waals surface area contributed by atoms with Gasteiger partial charge in [0, 0.05) is 32.2 Å². The molecule has 2 fully saturated rings. The summed E-state index contributed by atoms with van der Waals surface area (Å²) >= 11 is 0. The first-order chi connectivity index (χ1) is 14.2. The Morgan fingerprint density at radius 1 is 1.03 bits per heavy atom. The Bertz CT molecular complexity index is 829. The van der Waals surface area contributed by atoms with Gasteiger partial charge in [0.2, 0.25) is 15.9 Å². The smallest absolute Gasteiger partial charge is 0.352 e. The number of halogens is 3. The van der Waals surface area contributed by atoms with Crippen molar-refractivity contribution in [1.29, 1.82) is 0 Å². The van der Waals surface area contributed by atoms with Crippen molar-refractivity contribution in [2.45, 2.75) is 55.6 Å². The fourth-order valence-corrected chi connectivity index (χ4v) is 5.48. The molecule has 1 heterocycles. The van der Waals surface area contributed by atoms with Crippen LogP contribution < -0.4 is 5.32 Å². The molecule has 3 rings (SSSR count). The largest absolute Gasteiger partial charge is 0.416 e. The van der Waals surface area contributed by atoms with E-state index in [4.69, 9.17) is 0 Å². The van der Waals surface area contributed by atoms with Crippen molar-refractivity contribution in [2.24, 2.45) is 0 Å². The predicted octanol–water partition coefficient (Wildman–Crippen LogP) is 2.85. The molecule has 0 atom stereocenters. The molecular weight excluding hydrogens is 419 g/mol. The van der Waals surface area contributed by atoms with E-state index in [1.54, 1.807) is 0 Å². The van der Waals surface area contributed by atoms with Gasteiger partial charge in [-0.2, -0.15) is 17.5 Å². The monoisotopic (exact) mass is 447 g/mol. The highest BCUT2D eigenvalue weighted by atomic mass is 32.2. The number of sulfonamides is 1. The topological polar surface area (TPSA) is 69.7 Å². The maximum absolute atomic E-state index is 12.9. The van der Waals surface area contributed by atoms with Crippen LogP contribution in [0.5, 0.6) is 0 Å². The normalized spacial score (nSPS) is 20.6. The maximum Gasteiger partial charge on any atom is 0.416 e. The third-order valence-corrected chi connectivity index (χ3v) is 7.61. The van der Waals surface area contributed by atoms with Gasteiger partial charge in [-0.1, -0.05) is 31.7 Å². The van der Waals surface area contributed by atoms with E-state index in [0.29, 0.717) is 19.2 Å². The van der Waals surface area contributed by atoms with E-state index < -0.39 is 21.8 Å². The highest BCUT2D eigenvalue weighted by molar-refractivity contribution is 7.89. The van der Waals surface area contributed by atoms with Crippen molar-refractivity contribution >= 4 is 15.9 Å². The number of carbonyl (C=O) groups is 1. The van der Waals surface area contributed by atoms with Crippen LogP contribution >= 0.6 is 0 Å². The lowest BCUT2D eigenvalue weighted by molar-refractivity contribution is -0.137. The molecule has 1 saturated heterocycles. The van der Waals surface area contributed by atoms with Gasteiger partial charge in [-0.15, -0.1) is 0 Å². The third kappa shape index (κ3) is 5.95. The first-order valence-corrected chi connectivity index (χ1v) is 11.8. The van der Waals surface area contributed by atoms with Crippen LogP contribution in [-0.2, 0) is 21.0 Å². The van der Waals surface area contributed by atoms with Crippen molar-refractivity contribution in [1.82, 2.24) is 14.5 Å². The molecule has 0 spiro atoms. The summed E-state index contributed by atoms with van der Waals surface area (Å²) in [6, 6.07) is 4.01. The van der Waals surface area contributed by atoms with Gasteiger partial charge in [-0.25, -0.2) is 8.42 Å². The molecule has 1 aliphatic heterocycles. The number of benzene rings is 1. The number of hydrogen-bond acceptors (Lipinski definition) is 4. The van der Waals surface area contributed by atoms with Crippen LogP contribution in [0.2, 0.25) is 0 Å². The zero-order valence-corrected chi connectivity index (χ0v) is 17.6. The summed E-state index contributed by atoms with van der Waals surface area (Å²) in [7, 11) is -4.02. The van der Waals surface area contributed by atoms with Crippen molar-refractivity contribution in [3.63, 3.8) is 0 Å². The number of amides is 1. The van der Waals surface area contributed by atoms with Crippen LogP contribution in [0, 0.1) is 0 Å². The minimum absolute atomic E-state index is 0.0592. The Hall–Kier alpha value is -1.65. The number of piperazine rings is 1. The molecule has 6 nitrogen and oxygen atoms in total. The molecule has 1 saturated carbocycles. The molecule has 0 radical (unpaired) electrons. The Labute approximate surface area is 175 Å². The van der Waals surface area contributed by atoms with E-state index >= 15 is 0 Å². The SMILES string of the molecule is O=C(CN1CCN(S(=O)(=O)c2cccc(C(F)(F)F)c2)CC1)NC1CCCCCC1. The quantitative estimate of drug-likeness (QED) is 0.705. The van der Waals surface area contributed by atoms with Gasteiger partial charge < -0.3 is 5.32 Å². The molecule has 0 aromatic heterocycles. The molecule has 0 unspecified atom stereocenters. The van der Waals surface area contributed by atoms with Crippen LogP contribution in [0.15, 0.2) is 29.2 Å². The second kappa shape index (κ2) is 9.65. The Balaban J connectivity index is 1.54. The molecule has 1 amide bonds. The number of nitrogens with one attached hydrogen (secondary N) is 1. The summed E-state index contributed by atoms with van der Waals surface area (Å²) in [5.74, 6) is -0.0592. The van der Waals surface area contributed by atoms with Gasteiger partial charge in [0.05, 0.1) is 17.0 Å². The van der Waals surface area contributed by atoms with E-state index in [-0.39, 0.29) is 36.5 Å². The van der Waals surface area contributed by atoms with Gasteiger partial charge in [-0.05, 0) is 31.0 Å². The number of hydrogen-bond donors (Lipinski definition) is 1. The van der Waals surface area contributed by atoms with Crippen molar-refractivity contribution in [3.8, 4) is 0 Å². The Morgan fingerprint density at radius 2 is 1.67 bits per heavy atom. The van der Waals surface area contributed by atoms with Crippen molar-refractivity contribution in [2.75, 3.05) is 32.7 Å². The van der Waals surface area contributed by atoms with Gasteiger partial charge in [0.1, 0.15) is 0 Å². The number of nitrogens with zero attached hydrogens (tertiary/aromatic N) is 2. The van der Waals surface area contributed by atoms with Gasteiger partial charge in [0.15, 0.2) is 0 Å². The summed E-state index contributed by atoms with van der Waals surface area (Å²) < 4.78 is 65.4. The van der Waals surface area contributed by atoms with Crippen LogP contribution in [0.4, 0.5) is 13.2 Å². The molecule has 1 aliphatic carbocycles. The first-order valence-electron chi connectivity index (χ1n) is 10.4. The zero-order valence-electron chi connectivity index (χ0n) is 16.8. The second-order valence-corrected chi connectivity index (χ2v) is 9.90. The van der Waals surface area contributed by atoms with Gasteiger partial charge in [0.25, 0.3) is 0 Å². The molecule has 1 aromatic rings. The maximum atomic E-state index is 12.9. The highest BCUT2D eigenvalue weighted by Crippen LogP contribution is 2.31. The summed E-state index contributed by atoms with van der Waals surface area (Å²) in [6.45, 7) is 1.19. The van der Waals surface area contributed by atoms with Crippen molar-refractivity contribution in [3.05, 3.63) is 29.8 Å². The molecule has 30 heavy (non-hydrogen) atoms. The fourth-order valence-electron chi connectivity index (χ4n) is 4.01. The lowest BCUT2D eigenvalue weighted by atomic mass is 10.1. The van der Waals surface area contributed by atoms with E-state index in [0.717, 1.165) is 37.8 Å². The highest BCUT2D eigenvalue weighted by Gasteiger charge is 2.34. The second-order valence-electron chi connectivity index (χ2n) is 7.96. The van der Waals surface area contributed by atoms with Crippen LogP contribution in [0.25, 0.3) is 0 Å².